The quantitative estimate of drug-likeness (QED) is 0.753. The molecule has 1 N–H and O–H groups in total. The zero-order valence-corrected chi connectivity index (χ0v) is 11.6. The van der Waals surface area contributed by atoms with Crippen molar-refractivity contribution in [3.63, 3.8) is 0 Å². The summed E-state index contributed by atoms with van der Waals surface area (Å²) >= 11 is 0. The molecule has 1 heterocycles. The van der Waals surface area contributed by atoms with E-state index in [0.717, 1.165) is 30.6 Å². The second-order valence-corrected chi connectivity index (χ2v) is 4.78. The Morgan fingerprint density at radius 2 is 2.25 bits per heavy atom. The maximum Gasteiger partial charge on any atom is 0.123 e. The van der Waals surface area contributed by atoms with Gasteiger partial charge >= 0.3 is 0 Å². The zero-order chi connectivity index (χ0) is 14.2. The SMILES string of the molecule is COCCNCC(Cc1ccoc1)c1cccc(F)c1. The number of nitrogens with one attached hydrogen (secondary N) is 1. The van der Waals surface area contributed by atoms with Crippen LogP contribution in [0.5, 0.6) is 0 Å². The number of furan rings is 1. The van der Waals surface area contributed by atoms with Crippen LogP contribution in [0.2, 0.25) is 0 Å². The number of hydrogen-bond acceptors (Lipinski definition) is 3. The summed E-state index contributed by atoms with van der Waals surface area (Å²) in [6, 6.07) is 8.73. The largest absolute Gasteiger partial charge is 0.472 e. The summed E-state index contributed by atoms with van der Waals surface area (Å²) in [6.45, 7) is 2.23. The normalized spacial score (nSPS) is 12.5. The Hall–Kier alpha value is -1.65. The molecular weight excluding hydrogens is 257 g/mol. The van der Waals surface area contributed by atoms with Gasteiger partial charge in [-0.25, -0.2) is 4.39 Å². The molecule has 0 fully saturated rings. The molecule has 0 radical (unpaired) electrons. The summed E-state index contributed by atoms with van der Waals surface area (Å²) in [5.74, 6) is 0.0109. The second-order valence-electron chi connectivity index (χ2n) is 4.78. The van der Waals surface area contributed by atoms with Gasteiger partial charge in [-0.3, -0.25) is 0 Å². The van der Waals surface area contributed by atoms with Crippen LogP contribution in [0.4, 0.5) is 4.39 Å². The van der Waals surface area contributed by atoms with Gasteiger partial charge in [0.25, 0.3) is 0 Å². The first-order chi connectivity index (χ1) is 9.79. The second kappa shape index (κ2) is 7.82. The molecular formula is C16H20FNO2. The molecule has 20 heavy (non-hydrogen) atoms. The zero-order valence-electron chi connectivity index (χ0n) is 11.6. The number of halogens is 1. The van der Waals surface area contributed by atoms with Gasteiger partial charge in [-0.15, -0.1) is 0 Å². The topological polar surface area (TPSA) is 34.4 Å². The maximum atomic E-state index is 13.4. The van der Waals surface area contributed by atoms with Crippen molar-refractivity contribution in [3.05, 3.63) is 59.8 Å². The molecule has 0 spiro atoms. The molecule has 0 aliphatic rings. The highest BCUT2D eigenvalue weighted by Crippen LogP contribution is 2.21. The van der Waals surface area contributed by atoms with E-state index in [9.17, 15) is 4.39 Å². The highest BCUT2D eigenvalue weighted by molar-refractivity contribution is 5.24. The summed E-state index contributed by atoms with van der Waals surface area (Å²) in [4.78, 5) is 0. The van der Waals surface area contributed by atoms with Crippen molar-refractivity contribution < 1.29 is 13.5 Å². The van der Waals surface area contributed by atoms with Crippen LogP contribution in [0.15, 0.2) is 47.3 Å². The fraction of sp³-hybridized carbons (Fsp3) is 0.375. The minimum atomic E-state index is -0.198. The van der Waals surface area contributed by atoms with Crippen molar-refractivity contribution in [2.45, 2.75) is 12.3 Å². The van der Waals surface area contributed by atoms with E-state index in [2.05, 4.69) is 5.32 Å². The van der Waals surface area contributed by atoms with E-state index in [-0.39, 0.29) is 11.7 Å². The Morgan fingerprint density at radius 1 is 1.35 bits per heavy atom. The molecule has 1 unspecified atom stereocenters. The third-order valence-electron chi connectivity index (χ3n) is 3.26. The maximum absolute atomic E-state index is 13.4. The molecule has 1 atom stereocenters. The van der Waals surface area contributed by atoms with Crippen LogP contribution < -0.4 is 5.32 Å². The minimum Gasteiger partial charge on any atom is -0.472 e. The number of ether oxygens (including phenoxy) is 1. The third-order valence-corrected chi connectivity index (χ3v) is 3.26. The van der Waals surface area contributed by atoms with Crippen molar-refractivity contribution >= 4 is 0 Å². The lowest BCUT2D eigenvalue weighted by Gasteiger charge is -2.17. The summed E-state index contributed by atoms with van der Waals surface area (Å²) in [6.07, 6.45) is 4.22. The molecule has 1 aromatic carbocycles. The van der Waals surface area contributed by atoms with Crippen molar-refractivity contribution in [1.29, 1.82) is 0 Å². The van der Waals surface area contributed by atoms with Crippen LogP contribution in [0.3, 0.4) is 0 Å². The molecule has 2 aromatic rings. The molecule has 0 saturated carbocycles. The van der Waals surface area contributed by atoms with Gasteiger partial charge < -0.3 is 14.5 Å². The van der Waals surface area contributed by atoms with Gasteiger partial charge in [-0.1, -0.05) is 12.1 Å². The smallest absolute Gasteiger partial charge is 0.123 e. The number of methoxy groups -OCH3 is 1. The summed E-state index contributed by atoms with van der Waals surface area (Å²) < 4.78 is 23.5. The Kier molecular flexibility index (Phi) is 5.77. The molecule has 1 aromatic heterocycles. The lowest BCUT2D eigenvalue weighted by Crippen LogP contribution is -2.26. The van der Waals surface area contributed by atoms with Crippen LogP contribution in [-0.2, 0) is 11.2 Å². The first kappa shape index (κ1) is 14.8. The van der Waals surface area contributed by atoms with Gasteiger partial charge in [0, 0.05) is 26.1 Å². The number of rotatable bonds is 8. The van der Waals surface area contributed by atoms with Crippen LogP contribution in [-0.4, -0.2) is 26.8 Å². The third kappa shape index (κ3) is 4.47. The summed E-state index contributed by atoms with van der Waals surface area (Å²) in [5.41, 5.74) is 2.11. The fourth-order valence-electron chi connectivity index (χ4n) is 2.21. The molecule has 3 nitrogen and oxygen atoms in total. The predicted octanol–water partition coefficient (Wildman–Crippen LogP) is 2.98. The highest BCUT2D eigenvalue weighted by atomic mass is 19.1. The van der Waals surface area contributed by atoms with Crippen molar-refractivity contribution in [3.8, 4) is 0 Å². The Labute approximate surface area is 118 Å². The molecule has 0 saturated heterocycles. The lowest BCUT2D eigenvalue weighted by molar-refractivity contribution is 0.199. The summed E-state index contributed by atoms with van der Waals surface area (Å²) in [7, 11) is 1.68. The van der Waals surface area contributed by atoms with E-state index in [1.807, 2.05) is 12.1 Å². The molecule has 4 heteroatoms. The molecule has 108 valence electrons. The van der Waals surface area contributed by atoms with Gasteiger partial charge in [-0.2, -0.15) is 0 Å². The van der Waals surface area contributed by atoms with Gasteiger partial charge in [0.1, 0.15) is 5.82 Å². The standard InChI is InChI=1S/C16H20FNO2/c1-19-8-6-18-11-15(9-13-5-7-20-12-13)14-3-2-4-16(17)10-14/h2-5,7,10,12,15,18H,6,8-9,11H2,1H3. The van der Waals surface area contributed by atoms with Gasteiger partial charge in [0.2, 0.25) is 0 Å². The van der Waals surface area contributed by atoms with E-state index < -0.39 is 0 Å². The van der Waals surface area contributed by atoms with Crippen molar-refractivity contribution in [1.82, 2.24) is 5.32 Å². The summed E-state index contributed by atoms with van der Waals surface area (Å²) in [5, 5.41) is 3.34. The highest BCUT2D eigenvalue weighted by Gasteiger charge is 2.13. The predicted molar refractivity (Wildman–Crippen MR) is 76.3 cm³/mol. The van der Waals surface area contributed by atoms with Gasteiger partial charge in [0.15, 0.2) is 0 Å². The fourth-order valence-corrected chi connectivity index (χ4v) is 2.21. The molecule has 0 bridgehead atoms. The van der Waals surface area contributed by atoms with E-state index >= 15 is 0 Å². The monoisotopic (exact) mass is 277 g/mol. The average Bonchev–Trinajstić information content (AvgIpc) is 2.95. The van der Waals surface area contributed by atoms with Crippen molar-refractivity contribution in [2.24, 2.45) is 0 Å². The minimum absolute atomic E-state index is 0.198. The first-order valence-corrected chi connectivity index (χ1v) is 6.76. The van der Waals surface area contributed by atoms with Crippen LogP contribution in [0.1, 0.15) is 17.0 Å². The Morgan fingerprint density at radius 3 is 2.95 bits per heavy atom. The van der Waals surface area contributed by atoms with E-state index in [0.29, 0.717) is 6.61 Å². The average molecular weight is 277 g/mol. The van der Waals surface area contributed by atoms with Crippen LogP contribution >= 0.6 is 0 Å². The van der Waals surface area contributed by atoms with E-state index in [1.54, 1.807) is 31.8 Å². The van der Waals surface area contributed by atoms with Crippen LogP contribution in [0, 0.1) is 5.82 Å². The van der Waals surface area contributed by atoms with E-state index in [4.69, 9.17) is 9.15 Å². The number of benzene rings is 1. The molecule has 0 aliphatic carbocycles. The van der Waals surface area contributed by atoms with Crippen molar-refractivity contribution in [2.75, 3.05) is 26.8 Å². The molecule has 2 rings (SSSR count). The van der Waals surface area contributed by atoms with Crippen LogP contribution in [0.25, 0.3) is 0 Å². The lowest BCUT2D eigenvalue weighted by atomic mass is 9.93. The number of hydrogen-bond donors (Lipinski definition) is 1. The first-order valence-electron chi connectivity index (χ1n) is 6.76. The van der Waals surface area contributed by atoms with E-state index in [1.165, 1.54) is 6.07 Å². The van der Waals surface area contributed by atoms with Gasteiger partial charge in [-0.05, 0) is 35.7 Å². The van der Waals surface area contributed by atoms with Gasteiger partial charge in [0.05, 0.1) is 19.1 Å². The molecule has 0 aliphatic heterocycles. The molecule has 0 amide bonds. The Balaban J connectivity index is 2.03. The Bertz CT molecular complexity index is 499.